The van der Waals surface area contributed by atoms with Crippen molar-refractivity contribution in [3.05, 3.63) is 27.4 Å². The van der Waals surface area contributed by atoms with E-state index in [1.807, 2.05) is 6.92 Å². The summed E-state index contributed by atoms with van der Waals surface area (Å²) in [4.78, 5) is 71.4. The molecule has 0 aromatic carbocycles. The number of nitrogens with one attached hydrogen (secondary N) is 2. The normalized spacial score (nSPS) is 18.5. The van der Waals surface area contributed by atoms with E-state index in [4.69, 9.17) is 9.57 Å². The summed E-state index contributed by atoms with van der Waals surface area (Å²) in [5, 5.41) is 28.3. The topological polar surface area (TPSA) is 202 Å². The van der Waals surface area contributed by atoms with Crippen molar-refractivity contribution in [2.75, 3.05) is 30.5 Å². The number of β-lactam (4-membered cyclic amide) rings is 1. The molecule has 3 N–H and O–H groups in total. The fourth-order valence-electron chi connectivity index (χ4n) is 3.55. The van der Waals surface area contributed by atoms with E-state index in [1.54, 1.807) is 0 Å². The van der Waals surface area contributed by atoms with Crippen LogP contribution in [-0.2, 0) is 33.5 Å². The summed E-state index contributed by atoms with van der Waals surface area (Å²) in [5.41, 5.74) is -0.139. The summed E-state index contributed by atoms with van der Waals surface area (Å²) < 4.78 is 5.57. The van der Waals surface area contributed by atoms with Gasteiger partial charge in [-0.15, -0.1) is 33.3 Å². The Labute approximate surface area is 242 Å². The standard InChI is InChI=1S/C21H21N7O8S4/c1-8-25-26-21(40-8)39-7-12(30)23-20-22-11(6-38-20)13(27-35-3)16(31)24-14-17(32)28-15(19(33)34)10(4-36-9(2)29)5-37-18(14)28/h6,14,18H,4-5,7H2,1-3H3,(H,24,31)(H,33,34)(H,22,23,30)/t14-,18+/m0/s1. The van der Waals surface area contributed by atoms with Gasteiger partial charge in [-0.05, 0) is 6.92 Å². The maximum Gasteiger partial charge on any atom is 0.352 e. The number of hydrogen-bond donors (Lipinski definition) is 3. The number of carboxylic acid groups (broad SMARTS) is 1. The summed E-state index contributed by atoms with van der Waals surface area (Å²) in [6, 6.07) is -1.04. The van der Waals surface area contributed by atoms with Crippen molar-refractivity contribution in [3.8, 4) is 0 Å². The summed E-state index contributed by atoms with van der Waals surface area (Å²) in [6.45, 7) is 2.75. The third kappa shape index (κ3) is 6.60. The number of aromatic nitrogens is 3. The van der Waals surface area contributed by atoms with Gasteiger partial charge >= 0.3 is 11.9 Å². The van der Waals surface area contributed by atoms with Gasteiger partial charge < -0.3 is 25.3 Å². The van der Waals surface area contributed by atoms with Crippen molar-refractivity contribution in [1.82, 2.24) is 25.4 Å². The molecule has 3 amide bonds. The number of fused-ring (bicyclic) bond motifs is 1. The van der Waals surface area contributed by atoms with Gasteiger partial charge in [0, 0.05) is 23.6 Å². The van der Waals surface area contributed by atoms with Crippen LogP contribution in [0.5, 0.6) is 0 Å². The minimum absolute atomic E-state index is 0.0811. The third-order valence-corrected chi connectivity index (χ3v) is 9.28. The second-order valence-electron chi connectivity index (χ2n) is 7.98. The minimum Gasteiger partial charge on any atom is -0.477 e. The van der Waals surface area contributed by atoms with Gasteiger partial charge in [0.25, 0.3) is 11.8 Å². The molecule has 15 nitrogen and oxygen atoms in total. The van der Waals surface area contributed by atoms with E-state index in [2.05, 4.69) is 31.0 Å². The largest absolute Gasteiger partial charge is 0.477 e. The predicted octanol–water partition coefficient (Wildman–Crippen LogP) is 0.686. The number of carboxylic acids is 1. The zero-order chi connectivity index (χ0) is 29.0. The molecule has 19 heteroatoms. The van der Waals surface area contributed by atoms with Crippen LogP contribution in [0.3, 0.4) is 0 Å². The summed E-state index contributed by atoms with van der Waals surface area (Å²) in [7, 11) is 1.23. The maximum atomic E-state index is 13.1. The van der Waals surface area contributed by atoms with E-state index < -0.39 is 35.2 Å². The van der Waals surface area contributed by atoms with E-state index in [-0.39, 0.29) is 51.8 Å². The molecule has 2 aliphatic rings. The number of anilines is 1. The average molecular weight is 628 g/mol. The monoisotopic (exact) mass is 627 g/mol. The number of carbonyl (C=O) groups excluding carboxylic acids is 4. The van der Waals surface area contributed by atoms with Crippen LogP contribution in [0.15, 0.2) is 26.1 Å². The summed E-state index contributed by atoms with van der Waals surface area (Å²) in [6.07, 6.45) is 0. The van der Waals surface area contributed by atoms with Gasteiger partial charge in [0.2, 0.25) is 5.91 Å². The van der Waals surface area contributed by atoms with Gasteiger partial charge in [0.05, 0.1) is 5.75 Å². The average Bonchev–Trinajstić information content (AvgIpc) is 3.55. The van der Waals surface area contributed by atoms with Crippen LogP contribution in [0.2, 0.25) is 0 Å². The Bertz CT molecular complexity index is 1420. The van der Waals surface area contributed by atoms with E-state index in [0.29, 0.717) is 4.34 Å². The maximum absolute atomic E-state index is 13.1. The number of oxime groups is 1. The molecule has 0 radical (unpaired) electrons. The SMILES string of the molecule is CON=C(C(=O)N[C@H]1C(=O)N2C(C(=O)O)=C(COC(C)=O)CS[C@H]12)c1csc(NC(=O)CSc2nnc(C)s2)n1. The van der Waals surface area contributed by atoms with E-state index >= 15 is 0 Å². The molecule has 1 fully saturated rings. The minimum atomic E-state index is -1.35. The molecule has 2 atom stereocenters. The third-order valence-electron chi connectivity index (χ3n) is 5.21. The summed E-state index contributed by atoms with van der Waals surface area (Å²) in [5.74, 6) is -3.42. The molecular formula is C21H21N7O8S4. The van der Waals surface area contributed by atoms with Gasteiger partial charge in [0.1, 0.15) is 41.5 Å². The smallest absolute Gasteiger partial charge is 0.352 e. The van der Waals surface area contributed by atoms with Gasteiger partial charge in [-0.3, -0.25) is 24.1 Å². The lowest BCUT2D eigenvalue weighted by molar-refractivity contribution is -0.150. The predicted molar refractivity (Wildman–Crippen MR) is 146 cm³/mol. The molecule has 4 heterocycles. The van der Waals surface area contributed by atoms with Gasteiger partial charge in [-0.2, -0.15) is 0 Å². The fraction of sp³-hybridized carbons (Fsp3) is 0.381. The molecule has 1 saturated heterocycles. The summed E-state index contributed by atoms with van der Waals surface area (Å²) >= 11 is 4.88. The van der Waals surface area contributed by atoms with Crippen molar-refractivity contribution >= 4 is 86.7 Å². The molecule has 4 rings (SSSR count). The molecule has 0 saturated carbocycles. The van der Waals surface area contributed by atoms with E-state index in [1.165, 1.54) is 54.3 Å². The molecule has 0 bridgehead atoms. The molecule has 0 spiro atoms. The van der Waals surface area contributed by atoms with Gasteiger partial charge in [-0.25, -0.2) is 9.78 Å². The Morgan fingerprint density at radius 2 is 2.08 bits per heavy atom. The van der Waals surface area contributed by atoms with Crippen molar-refractivity contribution in [3.63, 3.8) is 0 Å². The van der Waals surface area contributed by atoms with Crippen LogP contribution < -0.4 is 10.6 Å². The Balaban J connectivity index is 1.39. The number of ether oxygens (including phenoxy) is 1. The van der Waals surface area contributed by atoms with Crippen molar-refractivity contribution in [1.29, 1.82) is 0 Å². The van der Waals surface area contributed by atoms with Crippen LogP contribution in [0.1, 0.15) is 17.6 Å². The number of nitrogens with zero attached hydrogens (tertiary/aromatic N) is 5. The van der Waals surface area contributed by atoms with Crippen LogP contribution >= 0.6 is 46.2 Å². The van der Waals surface area contributed by atoms with Gasteiger partial charge in [-0.1, -0.05) is 28.3 Å². The number of hydrogen-bond acceptors (Lipinski definition) is 15. The lowest BCUT2D eigenvalue weighted by Crippen LogP contribution is -2.71. The highest BCUT2D eigenvalue weighted by Gasteiger charge is 2.54. The number of carbonyl (C=O) groups is 5. The number of aryl methyl sites for hydroxylation is 1. The highest BCUT2D eigenvalue weighted by molar-refractivity contribution is 8.01. The molecule has 2 aromatic rings. The number of amides is 3. The second kappa shape index (κ2) is 12.7. The Hall–Kier alpha value is -3.55. The number of esters is 1. The highest BCUT2D eigenvalue weighted by Crippen LogP contribution is 2.40. The molecule has 0 unspecified atom stereocenters. The van der Waals surface area contributed by atoms with E-state index in [9.17, 15) is 29.1 Å². The molecule has 2 aliphatic heterocycles. The number of rotatable bonds is 11. The zero-order valence-electron chi connectivity index (χ0n) is 21.0. The van der Waals surface area contributed by atoms with Gasteiger partial charge in [0.15, 0.2) is 15.2 Å². The zero-order valence-corrected chi connectivity index (χ0v) is 24.3. The van der Waals surface area contributed by atoms with Crippen LogP contribution in [0, 0.1) is 6.92 Å². The Morgan fingerprint density at radius 1 is 1.30 bits per heavy atom. The van der Waals surface area contributed by atoms with E-state index in [0.717, 1.165) is 21.2 Å². The first kappa shape index (κ1) is 29.4. The molecule has 0 aliphatic carbocycles. The first-order valence-electron chi connectivity index (χ1n) is 11.2. The first-order valence-corrected chi connectivity index (χ1v) is 15.0. The second-order valence-corrected chi connectivity index (χ2v) is 12.3. The van der Waals surface area contributed by atoms with Crippen molar-refractivity contribution < 1.29 is 38.7 Å². The molecular weight excluding hydrogens is 607 g/mol. The van der Waals surface area contributed by atoms with Crippen molar-refractivity contribution in [2.45, 2.75) is 29.6 Å². The molecule has 2 aromatic heterocycles. The quantitative estimate of drug-likeness (QED) is 0.103. The lowest BCUT2D eigenvalue weighted by Gasteiger charge is -2.49. The first-order chi connectivity index (χ1) is 19.1. The molecule has 40 heavy (non-hydrogen) atoms. The number of aliphatic carboxylic acids is 1. The number of thioether (sulfide) groups is 2. The fourth-order valence-corrected chi connectivity index (χ4v) is 7.20. The number of thiazole rings is 1. The highest BCUT2D eigenvalue weighted by atomic mass is 32.2. The van der Waals surface area contributed by atoms with Crippen LogP contribution in [-0.4, -0.2) is 97.2 Å². The van der Waals surface area contributed by atoms with Crippen LogP contribution in [0.4, 0.5) is 5.13 Å². The molecule has 212 valence electrons. The Morgan fingerprint density at radius 3 is 2.73 bits per heavy atom. The van der Waals surface area contributed by atoms with Crippen LogP contribution in [0.25, 0.3) is 0 Å². The van der Waals surface area contributed by atoms with Crippen molar-refractivity contribution in [2.24, 2.45) is 5.16 Å². The lowest BCUT2D eigenvalue weighted by atomic mass is 10.0. The Kier molecular flexibility index (Phi) is 9.38.